The molecular formula is C29H25FN6O2. The lowest BCUT2D eigenvalue weighted by Gasteiger charge is -2.03. The molecule has 1 amide bonds. The van der Waals surface area contributed by atoms with E-state index in [1.807, 2.05) is 48.5 Å². The van der Waals surface area contributed by atoms with Crippen molar-refractivity contribution in [3.63, 3.8) is 0 Å². The number of nitrogens with one attached hydrogen (secondary N) is 3. The fraction of sp³-hybridized carbons (Fsp3) is 0.172. The third-order valence-corrected chi connectivity index (χ3v) is 5.75. The second kappa shape index (κ2) is 12.0. The number of benzene rings is 2. The molecule has 3 N–H and O–H groups in total. The van der Waals surface area contributed by atoms with Gasteiger partial charge in [0, 0.05) is 43.3 Å². The number of carbonyl (C=O) groups excluding carboxylic acids is 1. The van der Waals surface area contributed by atoms with Crippen LogP contribution in [0, 0.1) is 17.7 Å². The van der Waals surface area contributed by atoms with Gasteiger partial charge in [0.1, 0.15) is 17.9 Å². The molecule has 0 aliphatic heterocycles. The summed E-state index contributed by atoms with van der Waals surface area (Å²) < 4.78 is 19.0. The van der Waals surface area contributed by atoms with E-state index in [4.69, 9.17) is 4.42 Å². The number of halogens is 1. The van der Waals surface area contributed by atoms with Crippen molar-refractivity contribution in [1.29, 1.82) is 0 Å². The highest BCUT2D eigenvalue weighted by atomic mass is 19.1. The van der Waals surface area contributed by atoms with Crippen molar-refractivity contribution in [1.82, 2.24) is 30.6 Å². The van der Waals surface area contributed by atoms with Crippen LogP contribution in [0.1, 0.15) is 39.0 Å². The van der Waals surface area contributed by atoms with Crippen LogP contribution in [-0.4, -0.2) is 38.9 Å². The summed E-state index contributed by atoms with van der Waals surface area (Å²) in [5.41, 5.74) is 4.06. The van der Waals surface area contributed by atoms with Gasteiger partial charge >= 0.3 is 0 Å². The smallest absolute Gasteiger partial charge is 0.273 e. The lowest BCUT2D eigenvalue weighted by molar-refractivity contribution is 0.0945. The van der Waals surface area contributed by atoms with Gasteiger partial charge in [0.25, 0.3) is 5.91 Å². The molecule has 0 aliphatic carbocycles. The predicted molar refractivity (Wildman–Crippen MR) is 141 cm³/mol. The van der Waals surface area contributed by atoms with Crippen LogP contribution >= 0.6 is 0 Å². The van der Waals surface area contributed by atoms with E-state index in [-0.39, 0.29) is 17.9 Å². The van der Waals surface area contributed by atoms with Gasteiger partial charge in [-0.1, -0.05) is 30.0 Å². The Hall–Kier alpha value is -4.81. The molecule has 5 aromatic rings. The maximum absolute atomic E-state index is 13.6. The number of oxazole rings is 1. The maximum atomic E-state index is 13.6. The van der Waals surface area contributed by atoms with E-state index in [1.165, 1.54) is 24.6 Å². The Bertz CT molecular complexity index is 1600. The zero-order chi connectivity index (χ0) is 26.2. The van der Waals surface area contributed by atoms with Crippen molar-refractivity contribution in [2.45, 2.75) is 19.4 Å². The van der Waals surface area contributed by atoms with Crippen LogP contribution in [-0.2, 0) is 19.4 Å². The first-order valence-corrected chi connectivity index (χ1v) is 12.2. The van der Waals surface area contributed by atoms with E-state index in [9.17, 15) is 9.18 Å². The lowest BCUT2D eigenvalue weighted by atomic mass is 10.1. The SMILES string of the molecule is O=C(NCc1ncccc1F)c1coc(CCNCCc2nc3cc(C#Cc4ccccc4)ccc3[nH]2)n1. The molecule has 3 heterocycles. The average Bonchev–Trinajstić information content (AvgIpc) is 3.58. The number of imidazole rings is 1. The number of hydrogen-bond donors (Lipinski definition) is 3. The topological polar surface area (TPSA) is 109 Å². The first kappa shape index (κ1) is 24.9. The Morgan fingerprint density at radius 2 is 1.82 bits per heavy atom. The Morgan fingerprint density at radius 3 is 2.68 bits per heavy atom. The number of aromatic nitrogens is 4. The van der Waals surface area contributed by atoms with Gasteiger partial charge in [-0.05, 0) is 42.5 Å². The Kier molecular flexibility index (Phi) is 7.82. The van der Waals surface area contributed by atoms with Crippen LogP contribution in [0.15, 0.2) is 77.5 Å². The first-order chi connectivity index (χ1) is 18.6. The molecule has 0 spiro atoms. The highest BCUT2D eigenvalue weighted by Crippen LogP contribution is 2.14. The molecule has 0 unspecified atom stereocenters. The highest BCUT2D eigenvalue weighted by Gasteiger charge is 2.13. The molecule has 0 atom stereocenters. The van der Waals surface area contributed by atoms with Gasteiger partial charge in [-0.2, -0.15) is 0 Å². The molecule has 8 nitrogen and oxygen atoms in total. The maximum Gasteiger partial charge on any atom is 0.273 e. The second-order valence-corrected chi connectivity index (χ2v) is 8.52. The summed E-state index contributed by atoms with van der Waals surface area (Å²) in [6, 6.07) is 18.6. The van der Waals surface area contributed by atoms with Crippen molar-refractivity contribution in [3.05, 3.63) is 113 Å². The summed E-state index contributed by atoms with van der Waals surface area (Å²) in [5, 5.41) is 5.93. The highest BCUT2D eigenvalue weighted by molar-refractivity contribution is 5.91. The number of rotatable bonds is 9. The van der Waals surface area contributed by atoms with Gasteiger partial charge in [0.15, 0.2) is 11.6 Å². The zero-order valence-electron chi connectivity index (χ0n) is 20.5. The van der Waals surface area contributed by atoms with Crippen LogP contribution in [0.4, 0.5) is 4.39 Å². The largest absolute Gasteiger partial charge is 0.448 e. The molecule has 0 bridgehead atoms. The summed E-state index contributed by atoms with van der Waals surface area (Å²) in [6.45, 7) is 1.31. The molecule has 3 aromatic heterocycles. The minimum atomic E-state index is -0.472. The van der Waals surface area contributed by atoms with E-state index in [2.05, 4.69) is 42.4 Å². The zero-order valence-corrected chi connectivity index (χ0v) is 20.5. The fourth-order valence-electron chi connectivity index (χ4n) is 3.78. The first-order valence-electron chi connectivity index (χ1n) is 12.2. The third kappa shape index (κ3) is 6.49. The minimum Gasteiger partial charge on any atom is -0.448 e. The van der Waals surface area contributed by atoms with Crippen LogP contribution in [0.2, 0.25) is 0 Å². The van der Waals surface area contributed by atoms with Crippen LogP contribution < -0.4 is 10.6 Å². The number of carbonyl (C=O) groups is 1. The van der Waals surface area contributed by atoms with Crippen molar-refractivity contribution in [2.75, 3.05) is 13.1 Å². The van der Waals surface area contributed by atoms with Crippen LogP contribution in [0.3, 0.4) is 0 Å². The van der Waals surface area contributed by atoms with Gasteiger partial charge in [0.05, 0.1) is 23.3 Å². The number of H-pyrrole nitrogens is 1. The second-order valence-electron chi connectivity index (χ2n) is 8.52. The summed E-state index contributed by atoms with van der Waals surface area (Å²) >= 11 is 0. The standard InChI is InChI=1S/C29H25FN6O2/c30-22-7-4-14-32-25(22)18-33-29(37)26-19-38-28(36-26)13-16-31-15-12-27-34-23-11-10-21(17-24(23)35-27)9-8-20-5-2-1-3-6-20/h1-7,10-11,14,17,19,31H,12-13,15-16,18H2,(H,33,37)(H,34,35). The van der Waals surface area contributed by atoms with Crippen LogP contribution in [0.25, 0.3) is 11.0 Å². The molecule has 38 heavy (non-hydrogen) atoms. The molecule has 0 saturated carbocycles. The number of amides is 1. The van der Waals surface area contributed by atoms with Crippen molar-refractivity contribution in [3.8, 4) is 11.8 Å². The van der Waals surface area contributed by atoms with Gasteiger partial charge in [-0.3, -0.25) is 9.78 Å². The fourth-order valence-corrected chi connectivity index (χ4v) is 3.78. The molecule has 5 rings (SSSR count). The molecule has 9 heteroatoms. The monoisotopic (exact) mass is 508 g/mol. The summed E-state index contributed by atoms with van der Waals surface area (Å²) in [7, 11) is 0. The van der Waals surface area contributed by atoms with E-state index < -0.39 is 11.7 Å². The van der Waals surface area contributed by atoms with Gasteiger partial charge in [-0.25, -0.2) is 14.4 Å². The number of hydrogen-bond acceptors (Lipinski definition) is 6. The van der Waals surface area contributed by atoms with E-state index in [1.54, 1.807) is 0 Å². The number of pyridine rings is 1. The summed E-state index contributed by atoms with van der Waals surface area (Å²) in [4.78, 5) is 28.4. The third-order valence-electron chi connectivity index (χ3n) is 5.75. The number of fused-ring (bicyclic) bond motifs is 1. The Labute approximate surface area is 218 Å². The lowest BCUT2D eigenvalue weighted by Crippen LogP contribution is -2.24. The van der Waals surface area contributed by atoms with Gasteiger partial charge in [0.2, 0.25) is 0 Å². The average molecular weight is 509 g/mol. The van der Waals surface area contributed by atoms with E-state index in [0.717, 1.165) is 34.4 Å². The number of aromatic amines is 1. The molecule has 190 valence electrons. The number of nitrogens with zero attached hydrogens (tertiary/aromatic N) is 3. The quantitative estimate of drug-likeness (QED) is 0.207. The molecular weight excluding hydrogens is 483 g/mol. The van der Waals surface area contributed by atoms with Crippen molar-refractivity contribution >= 4 is 16.9 Å². The minimum absolute atomic E-state index is 0.0283. The predicted octanol–water partition coefficient (Wildman–Crippen LogP) is 3.79. The van der Waals surface area contributed by atoms with Gasteiger partial charge < -0.3 is 20.0 Å². The van der Waals surface area contributed by atoms with Crippen molar-refractivity contribution in [2.24, 2.45) is 0 Å². The molecule has 2 aromatic carbocycles. The Morgan fingerprint density at radius 1 is 0.974 bits per heavy atom. The van der Waals surface area contributed by atoms with Crippen LogP contribution in [0.5, 0.6) is 0 Å². The Balaban J connectivity index is 1.06. The van der Waals surface area contributed by atoms with Gasteiger partial charge in [-0.15, -0.1) is 0 Å². The van der Waals surface area contributed by atoms with E-state index >= 15 is 0 Å². The van der Waals surface area contributed by atoms with E-state index in [0.29, 0.717) is 25.4 Å². The summed E-state index contributed by atoms with van der Waals surface area (Å²) in [5.74, 6) is 6.77. The normalized spacial score (nSPS) is 10.8. The molecule has 0 radical (unpaired) electrons. The molecule has 0 saturated heterocycles. The summed E-state index contributed by atoms with van der Waals surface area (Å²) in [6.07, 6.45) is 4.01. The molecule has 0 aliphatic rings. The molecule has 0 fully saturated rings. The van der Waals surface area contributed by atoms with Crippen molar-refractivity contribution < 1.29 is 13.6 Å².